The van der Waals surface area contributed by atoms with Gasteiger partial charge in [-0.1, -0.05) is 50.6 Å². The van der Waals surface area contributed by atoms with Gasteiger partial charge in [0, 0.05) is 19.4 Å². The van der Waals surface area contributed by atoms with Crippen LogP contribution in [0.25, 0.3) is 0 Å². The summed E-state index contributed by atoms with van der Waals surface area (Å²) in [5.41, 5.74) is 2.40. The largest absolute Gasteiger partial charge is 0.343 e. The molecule has 4 atom stereocenters. The first-order valence-electron chi connectivity index (χ1n) is 12.9. The van der Waals surface area contributed by atoms with E-state index in [9.17, 15) is 24.0 Å². The van der Waals surface area contributed by atoms with Gasteiger partial charge in [0.1, 0.15) is 24.2 Å². The molecule has 11 heteroatoms. The van der Waals surface area contributed by atoms with Gasteiger partial charge in [0.15, 0.2) is 0 Å². The molecular weight excluding hydrogens is 478 g/mol. The smallest absolute Gasteiger partial charge is 0.246 e. The van der Waals surface area contributed by atoms with Crippen LogP contribution in [0.4, 0.5) is 0 Å². The molecule has 5 amide bonds. The molecule has 11 nitrogen and oxygen atoms in total. The second-order valence-corrected chi connectivity index (χ2v) is 10.0. The van der Waals surface area contributed by atoms with Crippen molar-refractivity contribution < 1.29 is 29.2 Å². The first kappa shape index (κ1) is 28.1. The zero-order chi connectivity index (χ0) is 26.9. The van der Waals surface area contributed by atoms with Gasteiger partial charge < -0.3 is 20.9 Å². The first-order chi connectivity index (χ1) is 17.7. The number of carbonyl (C=O) groups excluding carboxylic acids is 5. The molecule has 2 fully saturated rings. The van der Waals surface area contributed by atoms with Crippen molar-refractivity contribution in [3.8, 4) is 0 Å². The molecule has 2 saturated heterocycles. The van der Waals surface area contributed by atoms with Crippen LogP contribution in [-0.2, 0) is 30.4 Å². The van der Waals surface area contributed by atoms with E-state index >= 15 is 0 Å². The van der Waals surface area contributed by atoms with E-state index < -0.39 is 47.8 Å². The average Bonchev–Trinajstić information content (AvgIpc) is 3.38. The number of hydroxylamine groups is 1. The molecule has 0 spiro atoms. The number of carbonyl (C=O) groups is 5. The van der Waals surface area contributed by atoms with E-state index in [-0.39, 0.29) is 31.1 Å². The van der Waals surface area contributed by atoms with E-state index in [2.05, 4.69) is 16.0 Å². The van der Waals surface area contributed by atoms with Gasteiger partial charge in [-0.15, -0.1) is 0 Å². The number of nitrogens with zero attached hydrogens (tertiary/aromatic N) is 1. The number of nitrogens with one attached hydrogen (secondary N) is 4. The summed E-state index contributed by atoms with van der Waals surface area (Å²) in [6.45, 7) is 4.06. The fourth-order valence-corrected chi connectivity index (χ4v) is 4.81. The molecular formula is C26H37N5O6. The summed E-state index contributed by atoms with van der Waals surface area (Å²) >= 11 is 0. The molecule has 0 aliphatic carbocycles. The van der Waals surface area contributed by atoms with Gasteiger partial charge in [-0.05, 0) is 37.2 Å². The first-order valence-corrected chi connectivity index (χ1v) is 12.9. The highest BCUT2D eigenvalue weighted by atomic mass is 16.5. The lowest BCUT2D eigenvalue weighted by molar-refractivity contribution is -0.144. The van der Waals surface area contributed by atoms with Gasteiger partial charge in [0.05, 0.1) is 0 Å². The van der Waals surface area contributed by atoms with Crippen molar-refractivity contribution >= 4 is 29.5 Å². The maximum absolute atomic E-state index is 13.5. The quantitative estimate of drug-likeness (QED) is 0.192. The van der Waals surface area contributed by atoms with Crippen LogP contribution in [0.2, 0.25) is 0 Å². The van der Waals surface area contributed by atoms with E-state index in [4.69, 9.17) is 5.21 Å². The second-order valence-electron chi connectivity index (χ2n) is 10.0. The minimum absolute atomic E-state index is 0.0688. The van der Waals surface area contributed by atoms with Crippen LogP contribution in [0.1, 0.15) is 57.9 Å². The van der Waals surface area contributed by atoms with Crippen LogP contribution in [-0.4, -0.2) is 70.4 Å². The highest BCUT2D eigenvalue weighted by Gasteiger charge is 2.41. The summed E-state index contributed by atoms with van der Waals surface area (Å²) < 4.78 is 0. The average molecular weight is 516 g/mol. The van der Waals surface area contributed by atoms with E-state index in [0.717, 1.165) is 5.56 Å². The number of hydrogen-bond donors (Lipinski definition) is 5. The predicted octanol–water partition coefficient (Wildman–Crippen LogP) is 0.410. The molecule has 1 aromatic carbocycles. The normalized spacial score (nSPS) is 24.9. The Morgan fingerprint density at radius 1 is 1.00 bits per heavy atom. The Kier molecular flexibility index (Phi) is 10.0. The molecule has 0 saturated carbocycles. The zero-order valence-corrected chi connectivity index (χ0v) is 21.4. The predicted molar refractivity (Wildman–Crippen MR) is 134 cm³/mol. The van der Waals surface area contributed by atoms with Crippen molar-refractivity contribution in [2.75, 3.05) is 6.54 Å². The molecule has 202 valence electrons. The number of fused-ring (bicyclic) bond motifs is 1. The standard InChI is InChI=1S/C26H37N5O6/c1-16(2)22-26(36)31-14-8-12-20(31)25(35)27-18(11-6-7-13-21(32)30-37)23(33)28-19(24(34)29-22)15-17-9-4-3-5-10-17/h3-5,9-10,16,18-20,22,37H,6-8,11-15H2,1-2H3,(H,27,35)(H,28,33)(H,29,34)(H,30,32). The number of benzene rings is 1. The van der Waals surface area contributed by atoms with E-state index in [0.29, 0.717) is 32.2 Å². The van der Waals surface area contributed by atoms with Gasteiger partial charge in [-0.3, -0.25) is 29.2 Å². The van der Waals surface area contributed by atoms with E-state index in [1.54, 1.807) is 5.48 Å². The van der Waals surface area contributed by atoms with Crippen molar-refractivity contribution in [1.29, 1.82) is 0 Å². The van der Waals surface area contributed by atoms with Crippen LogP contribution in [0, 0.1) is 5.92 Å². The van der Waals surface area contributed by atoms with Crippen LogP contribution in [0.3, 0.4) is 0 Å². The highest BCUT2D eigenvalue weighted by Crippen LogP contribution is 2.21. The van der Waals surface area contributed by atoms with Crippen molar-refractivity contribution in [2.45, 2.75) is 83.0 Å². The van der Waals surface area contributed by atoms with Crippen molar-refractivity contribution in [2.24, 2.45) is 5.92 Å². The number of amides is 5. The van der Waals surface area contributed by atoms with Crippen LogP contribution in [0.5, 0.6) is 0 Å². The van der Waals surface area contributed by atoms with Gasteiger partial charge in [0.2, 0.25) is 29.5 Å². The minimum Gasteiger partial charge on any atom is -0.343 e. The number of hydrogen-bond acceptors (Lipinski definition) is 6. The summed E-state index contributed by atoms with van der Waals surface area (Å²) in [5, 5.41) is 17.1. The van der Waals surface area contributed by atoms with Gasteiger partial charge in [-0.25, -0.2) is 5.48 Å². The Bertz CT molecular complexity index is 985. The SMILES string of the molecule is CC(C)C1NC(=O)C(Cc2ccccc2)NC(=O)C(CCCCC(=O)NO)NC(=O)C2CCCN2C1=O. The maximum Gasteiger partial charge on any atom is 0.246 e. The van der Waals surface area contributed by atoms with Crippen molar-refractivity contribution in [3.63, 3.8) is 0 Å². The molecule has 2 aliphatic rings. The monoisotopic (exact) mass is 515 g/mol. The lowest BCUT2D eigenvalue weighted by Crippen LogP contribution is -2.62. The fraction of sp³-hybridized carbons (Fsp3) is 0.577. The summed E-state index contributed by atoms with van der Waals surface area (Å²) in [6, 6.07) is 5.76. The molecule has 2 heterocycles. The molecule has 1 aromatic rings. The van der Waals surface area contributed by atoms with Crippen LogP contribution >= 0.6 is 0 Å². The minimum atomic E-state index is -0.961. The molecule has 0 radical (unpaired) electrons. The summed E-state index contributed by atoms with van der Waals surface area (Å²) in [4.78, 5) is 66.3. The summed E-state index contributed by atoms with van der Waals surface area (Å²) in [5.74, 6) is -2.45. The fourth-order valence-electron chi connectivity index (χ4n) is 4.81. The van der Waals surface area contributed by atoms with E-state index in [1.807, 2.05) is 44.2 Å². The lowest BCUT2D eigenvalue weighted by atomic mass is 9.99. The molecule has 5 N–H and O–H groups in total. The maximum atomic E-state index is 13.5. The van der Waals surface area contributed by atoms with Gasteiger partial charge in [0.25, 0.3) is 0 Å². The number of unbranched alkanes of at least 4 members (excludes halogenated alkanes) is 1. The van der Waals surface area contributed by atoms with E-state index in [1.165, 1.54) is 4.90 Å². The Morgan fingerprint density at radius 2 is 1.68 bits per heavy atom. The topological polar surface area (TPSA) is 157 Å². The molecule has 3 rings (SSSR count). The molecule has 2 aliphatic heterocycles. The lowest BCUT2D eigenvalue weighted by Gasteiger charge is -2.33. The third-order valence-corrected chi connectivity index (χ3v) is 6.89. The van der Waals surface area contributed by atoms with Crippen LogP contribution in [0.15, 0.2) is 30.3 Å². The Labute approximate surface area is 216 Å². The molecule has 0 bridgehead atoms. The Hall–Kier alpha value is -3.47. The molecule has 0 aromatic heterocycles. The van der Waals surface area contributed by atoms with Gasteiger partial charge >= 0.3 is 0 Å². The van der Waals surface area contributed by atoms with Gasteiger partial charge in [-0.2, -0.15) is 0 Å². The summed E-state index contributed by atoms with van der Waals surface area (Å²) in [7, 11) is 0. The third-order valence-electron chi connectivity index (χ3n) is 6.89. The second kappa shape index (κ2) is 13.2. The third kappa shape index (κ3) is 7.51. The van der Waals surface area contributed by atoms with Crippen LogP contribution < -0.4 is 21.4 Å². The highest BCUT2D eigenvalue weighted by molar-refractivity contribution is 5.98. The number of rotatable bonds is 8. The Balaban J connectivity index is 1.88. The van der Waals surface area contributed by atoms with Crippen molar-refractivity contribution in [1.82, 2.24) is 26.3 Å². The zero-order valence-electron chi connectivity index (χ0n) is 21.4. The molecule has 37 heavy (non-hydrogen) atoms. The Morgan fingerprint density at radius 3 is 2.35 bits per heavy atom. The van der Waals surface area contributed by atoms with Crippen molar-refractivity contribution in [3.05, 3.63) is 35.9 Å². The summed E-state index contributed by atoms with van der Waals surface area (Å²) in [6.07, 6.45) is 2.43. The molecule has 4 unspecified atom stereocenters.